The molecule has 1 aliphatic rings. The van der Waals surface area contributed by atoms with Crippen molar-refractivity contribution in [3.05, 3.63) is 30.0 Å². The van der Waals surface area contributed by atoms with E-state index in [1.165, 1.54) is 6.08 Å². The molecule has 0 spiro atoms. The summed E-state index contributed by atoms with van der Waals surface area (Å²) in [5.41, 5.74) is 0.237. The first-order valence-electron chi connectivity index (χ1n) is 7.25. The molecule has 0 unspecified atom stereocenters. The molecule has 0 saturated heterocycles. The van der Waals surface area contributed by atoms with Gasteiger partial charge in [-0.2, -0.15) is 0 Å². The Bertz CT molecular complexity index is 560. The number of aliphatic carboxylic acids is 1. The summed E-state index contributed by atoms with van der Waals surface area (Å²) in [6.07, 6.45) is 7.30. The van der Waals surface area contributed by atoms with E-state index in [2.05, 4.69) is 10.3 Å². The van der Waals surface area contributed by atoms with Crippen molar-refractivity contribution in [2.75, 3.05) is 5.32 Å². The third kappa shape index (κ3) is 3.68. The van der Waals surface area contributed by atoms with E-state index in [-0.39, 0.29) is 11.3 Å². The lowest BCUT2D eigenvalue weighted by molar-refractivity contribution is -0.131. The highest BCUT2D eigenvalue weighted by molar-refractivity contribution is 5.94. The van der Waals surface area contributed by atoms with Gasteiger partial charge in [0.05, 0.1) is 5.69 Å². The highest BCUT2D eigenvalue weighted by Gasteiger charge is 2.39. The molecule has 0 aliphatic heterocycles. The van der Waals surface area contributed by atoms with E-state index < -0.39 is 5.97 Å². The molecule has 112 valence electrons. The maximum atomic E-state index is 12.5. The number of nitrogens with zero attached hydrogens (tertiary/aromatic N) is 1. The van der Waals surface area contributed by atoms with Crippen LogP contribution >= 0.6 is 0 Å². The summed E-state index contributed by atoms with van der Waals surface area (Å²) in [5.74, 6) is -0.538. The topological polar surface area (TPSA) is 79.3 Å². The molecule has 1 aliphatic carbocycles. The van der Waals surface area contributed by atoms with Gasteiger partial charge in [0.2, 0.25) is 5.91 Å². The van der Waals surface area contributed by atoms with Crippen LogP contribution in [-0.2, 0) is 9.59 Å². The molecule has 0 atom stereocenters. The van der Waals surface area contributed by atoms with Crippen LogP contribution in [0.15, 0.2) is 24.3 Å². The molecule has 5 heteroatoms. The average Bonchev–Trinajstić information content (AvgIpc) is 2.96. The first-order valence-corrected chi connectivity index (χ1v) is 7.25. The number of hydrogen-bond acceptors (Lipinski definition) is 3. The Morgan fingerprint density at radius 3 is 2.71 bits per heavy atom. The van der Waals surface area contributed by atoms with Crippen molar-refractivity contribution in [2.24, 2.45) is 5.41 Å². The highest BCUT2D eigenvalue weighted by Crippen LogP contribution is 2.41. The summed E-state index contributed by atoms with van der Waals surface area (Å²) >= 11 is 0. The molecule has 1 aromatic rings. The fourth-order valence-corrected chi connectivity index (χ4v) is 2.81. The van der Waals surface area contributed by atoms with Gasteiger partial charge in [-0.3, -0.25) is 4.79 Å². The van der Waals surface area contributed by atoms with Crippen molar-refractivity contribution in [1.29, 1.82) is 0 Å². The molecule has 0 aromatic carbocycles. The molecule has 5 nitrogen and oxygen atoms in total. The Morgan fingerprint density at radius 1 is 1.38 bits per heavy atom. The first-order chi connectivity index (χ1) is 10.1. The fourth-order valence-electron chi connectivity index (χ4n) is 2.81. The van der Waals surface area contributed by atoms with Crippen LogP contribution in [0, 0.1) is 5.41 Å². The Hall–Kier alpha value is -2.17. The van der Waals surface area contributed by atoms with Crippen LogP contribution in [0.5, 0.6) is 0 Å². The van der Waals surface area contributed by atoms with Crippen molar-refractivity contribution in [3.63, 3.8) is 0 Å². The van der Waals surface area contributed by atoms with Gasteiger partial charge in [-0.25, -0.2) is 9.78 Å². The number of carboxylic acid groups (broad SMARTS) is 1. The third-order valence-corrected chi connectivity index (χ3v) is 4.13. The van der Waals surface area contributed by atoms with Crippen LogP contribution in [0.1, 0.15) is 44.7 Å². The van der Waals surface area contributed by atoms with Crippen LogP contribution in [-0.4, -0.2) is 22.0 Å². The normalized spacial score (nSPS) is 17.0. The van der Waals surface area contributed by atoms with Gasteiger partial charge in [0, 0.05) is 11.5 Å². The van der Waals surface area contributed by atoms with Gasteiger partial charge in [0.15, 0.2) is 0 Å². The summed E-state index contributed by atoms with van der Waals surface area (Å²) in [7, 11) is 0. The number of carbonyl (C=O) groups is 2. The zero-order valence-electron chi connectivity index (χ0n) is 12.1. The van der Waals surface area contributed by atoms with Crippen LogP contribution in [0.3, 0.4) is 0 Å². The van der Waals surface area contributed by atoms with Crippen molar-refractivity contribution >= 4 is 23.8 Å². The number of hydrogen-bond donors (Lipinski definition) is 2. The van der Waals surface area contributed by atoms with E-state index in [9.17, 15) is 9.59 Å². The van der Waals surface area contributed by atoms with E-state index in [1.807, 2.05) is 6.92 Å². The van der Waals surface area contributed by atoms with Crippen LogP contribution in [0.25, 0.3) is 6.08 Å². The molecule has 1 heterocycles. The minimum absolute atomic E-state index is 0.0226. The Morgan fingerprint density at radius 2 is 2.10 bits per heavy atom. The maximum absolute atomic E-state index is 12.5. The molecule has 1 saturated carbocycles. The number of amides is 1. The van der Waals surface area contributed by atoms with E-state index in [0.717, 1.165) is 38.2 Å². The number of nitrogens with one attached hydrogen (secondary N) is 1. The second kappa shape index (κ2) is 6.52. The standard InChI is InChI=1S/C16H20N2O3/c1-2-16(10-3-4-11-16)15(21)18-13-7-5-6-12(17-13)8-9-14(19)20/h5-9H,2-4,10-11H2,1H3,(H,19,20)(H,17,18,21)/b9-8+. The average molecular weight is 288 g/mol. The van der Waals surface area contributed by atoms with Crippen molar-refractivity contribution < 1.29 is 14.7 Å². The lowest BCUT2D eigenvalue weighted by Gasteiger charge is -2.25. The molecule has 0 radical (unpaired) electrons. The van der Waals surface area contributed by atoms with Gasteiger partial charge >= 0.3 is 5.97 Å². The number of carbonyl (C=O) groups excluding carboxylic acids is 1. The minimum atomic E-state index is -1.03. The Balaban J connectivity index is 2.10. The zero-order valence-corrected chi connectivity index (χ0v) is 12.1. The van der Waals surface area contributed by atoms with Crippen molar-refractivity contribution in [3.8, 4) is 0 Å². The lowest BCUT2D eigenvalue weighted by atomic mass is 9.82. The summed E-state index contributed by atoms with van der Waals surface area (Å²) in [6, 6.07) is 5.16. The molecule has 1 fully saturated rings. The van der Waals surface area contributed by atoms with Crippen molar-refractivity contribution in [1.82, 2.24) is 4.98 Å². The quantitative estimate of drug-likeness (QED) is 0.816. The molecule has 1 amide bonds. The van der Waals surface area contributed by atoms with Gasteiger partial charge in [0.25, 0.3) is 0 Å². The van der Waals surface area contributed by atoms with Gasteiger partial charge < -0.3 is 10.4 Å². The number of anilines is 1. The second-order valence-electron chi connectivity index (χ2n) is 5.41. The monoisotopic (exact) mass is 288 g/mol. The maximum Gasteiger partial charge on any atom is 0.328 e. The molecule has 21 heavy (non-hydrogen) atoms. The van der Waals surface area contributed by atoms with Gasteiger partial charge in [-0.05, 0) is 37.5 Å². The smallest absolute Gasteiger partial charge is 0.328 e. The summed E-state index contributed by atoms with van der Waals surface area (Å²) in [5, 5.41) is 11.5. The zero-order chi connectivity index (χ0) is 15.3. The van der Waals surface area contributed by atoms with Crippen LogP contribution in [0.4, 0.5) is 5.82 Å². The predicted octanol–water partition coefficient (Wildman–Crippen LogP) is 3.09. The molecular formula is C16H20N2O3. The van der Waals surface area contributed by atoms with E-state index in [4.69, 9.17) is 5.11 Å². The van der Waals surface area contributed by atoms with Crippen molar-refractivity contribution in [2.45, 2.75) is 39.0 Å². The number of carboxylic acids is 1. The first kappa shape index (κ1) is 15.2. The molecule has 2 rings (SSSR count). The second-order valence-corrected chi connectivity index (χ2v) is 5.41. The van der Waals surface area contributed by atoms with Gasteiger partial charge in [-0.1, -0.05) is 25.8 Å². The Labute approximate surface area is 124 Å². The number of pyridine rings is 1. The van der Waals surface area contributed by atoms with E-state index in [0.29, 0.717) is 11.5 Å². The predicted molar refractivity (Wildman–Crippen MR) is 80.7 cm³/mol. The van der Waals surface area contributed by atoms with E-state index >= 15 is 0 Å². The SMILES string of the molecule is CCC1(C(=O)Nc2cccc(/C=C/C(=O)O)n2)CCCC1. The molecule has 2 N–H and O–H groups in total. The van der Waals surface area contributed by atoms with Crippen LogP contribution < -0.4 is 5.32 Å². The molecule has 0 bridgehead atoms. The van der Waals surface area contributed by atoms with Gasteiger partial charge in [0.1, 0.15) is 5.82 Å². The Kier molecular flexibility index (Phi) is 4.73. The fraction of sp³-hybridized carbons (Fsp3) is 0.438. The third-order valence-electron chi connectivity index (χ3n) is 4.13. The summed E-state index contributed by atoms with van der Waals surface area (Å²) in [6.45, 7) is 2.05. The number of aromatic nitrogens is 1. The highest BCUT2D eigenvalue weighted by atomic mass is 16.4. The van der Waals surface area contributed by atoms with Gasteiger partial charge in [-0.15, -0.1) is 0 Å². The lowest BCUT2D eigenvalue weighted by Crippen LogP contribution is -2.33. The number of rotatable bonds is 5. The molecule has 1 aromatic heterocycles. The minimum Gasteiger partial charge on any atom is -0.478 e. The summed E-state index contributed by atoms with van der Waals surface area (Å²) in [4.78, 5) is 27.2. The van der Waals surface area contributed by atoms with Crippen LogP contribution in [0.2, 0.25) is 0 Å². The van der Waals surface area contributed by atoms with E-state index in [1.54, 1.807) is 18.2 Å². The largest absolute Gasteiger partial charge is 0.478 e. The summed E-state index contributed by atoms with van der Waals surface area (Å²) < 4.78 is 0. The molecular weight excluding hydrogens is 268 g/mol.